The topological polar surface area (TPSA) is 119 Å². The molecule has 0 atom stereocenters. The average Bonchev–Trinajstić information content (AvgIpc) is 2.42. The van der Waals surface area contributed by atoms with Gasteiger partial charge in [-0.25, -0.2) is 4.79 Å². The lowest BCUT2D eigenvalue weighted by atomic mass is 10.3. The quantitative estimate of drug-likeness (QED) is 0.577. The highest BCUT2D eigenvalue weighted by Gasteiger charge is 2.04. The highest BCUT2D eigenvalue weighted by atomic mass is 32.2. The van der Waals surface area contributed by atoms with Gasteiger partial charge in [-0.3, -0.25) is 9.59 Å². The molecule has 0 unspecified atom stereocenters. The summed E-state index contributed by atoms with van der Waals surface area (Å²) in [7, 11) is 0. The molecule has 0 aromatic heterocycles. The van der Waals surface area contributed by atoms with Crippen LogP contribution in [0, 0.1) is 0 Å². The molecule has 0 spiro atoms. The van der Waals surface area contributed by atoms with E-state index in [2.05, 4.69) is 5.32 Å². The van der Waals surface area contributed by atoms with Crippen molar-refractivity contribution in [2.45, 2.75) is 6.42 Å². The molecule has 2 amide bonds. The number of rotatable bonds is 9. The second kappa shape index (κ2) is 8.85. The molecule has 0 saturated heterocycles. The fourth-order valence-electron chi connectivity index (χ4n) is 1.34. The number of carbonyl (C=O) groups is 3. The van der Waals surface area contributed by atoms with Gasteiger partial charge in [0.05, 0.1) is 5.75 Å². The highest BCUT2D eigenvalue weighted by molar-refractivity contribution is 7.99. The van der Waals surface area contributed by atoms with Crippen LogP contribution in [0.25, 0.3) is 0 Å². The van der Waals surface area contributed by atoms with Crippen LogP contribution in [0.3, 0.4) is 0 Å². The average molecular weight is 312 g/mol. The van der Waals surface area contributed by atoms with Crippen LogP contribution in [0.15, 0.2) is 24.3 Å². The van der Waals surface area contributed by atoms with E-state index < -0.39 is 18.5 Å². The Morgan fingerprint density at radius 1 is 1.24 bits per heavy atom. The van der Waals surface area contributed by atoms with E-state index in [0.29, 0.717) is 17.2 Å². The number of nitrogens with one attached hydrogen (secondary N) is 1. The lowest BCUT2D eigenvalue weighted by Gasteiger charge is -2.07. The maximum Gasteiger partial charge on any atom is 0.341 e. The molecule has 0 aliphatic heterocycles. The van der Waals surface area contributed by atoms with Crippen molar-refractivity contribution in [3.63, 3.8) is 0 Å². The number of primary amides is 1. The molecule has 0 bridgehead atoms. The van der Waals surface area contributed by atoms with E-state index in [9.17, 15) is 14.4 Å². The first-order chi connectivity index (χ1) is 9.97. The normalized spacial score (nSPS) is 9.90. The maximum absolute atomic E-state index is 11.6. The molecular formula is C13H16N2O5S. The summed E-state index contributed by atoms with van der Waals surface area (Å²) in [6.45, 7) is -0.414. The van der Waals surface area contributed by atoms with Crippen molar-refractivity contribution in [2.75, 3.05) is 23.4 Å². The zero-order valence-electron chi connectivity index (χ0n) is 11.2. The number of anilines is 1. The Bertz CT molecular complexity index is 504. The number of hydrogen-bond donors (Lipinski definition) is 3. The Hall–Kier alpha value is -2.22. The number of carboxylic acid groups (broad SMARTS) is 1. The largest absolute Gasteiger partial charge is 0.482 e. The van der Waals surface area contributed by atoms with Crippen molar-refractivity contribution in [1.82, 2.24) is 0 Å². The van der Waals surface area contributed by atoms with Gasteiger partial charge in [0.2, 0.25) is 11.8 Å². The summed E-state index contributed by atoms with van der Waals surface area (Å²) >= 11 is 1.30. The molecule has 1 rings (SSSR count). The van der Waals surface area contributed by atoms with Gasteiger partial charge in [0.1, 0.15) is 5.75 Å². The van der Waals surface area contributed by atoms with Crippen LogP contribution in [-0.4, -0.2) is 41.0 Å². The van der Waals surface area contributed by atoms with Gasteiger partial charge in [-0.05, 0) is 24.3 Å². The van der Waals surface area contributed by atoms with Gasteiger partial charge in [-0.15, -0.1) is 0 Å². The third-order valence-electron chi connectivity index (χ3n) is 2.22. The maximum atomic E-state index is 11.6. The fourth-order valence-corrected chi connectivity index (χ4v) is 2.02. The van der Waals surface area contributed by atoms with Gasteiger partial charge < -0.3 is 20.9 Å². The number of carboxylic acids is 1. The molecule has 4 N–H and O–H groups in total. The van der Waals surface area contributed by atoms with E-state index >= 15 is 0 Å². The van der Waals surface area contributed by atoms with Crippen molar-refractivity contribution in [1.29, 1.82) is 0 Å². The van der Waals surface area contributed by atoms with Crippen LogP contribution in [-0.2, 0) is 14.4 Å². The minimum atomic E-state index is -1.05. The number of carbonyl (C=O) groups excluding carboxylic acids is 2. The number of amides is 2. The Kier molecular flexibility index (Phi) is 7.10. The van der Waals surface area contributed by atoms with Gasteiger partial charge in [-0.2, -0.15) is 11.8 Å². The van der Waals surface area contributed by atoms with Crippen molar-refractivity contribution < 1.29 is 24.2 Å². The first-order valence-corrected chi connectivity index (χ1v) is 7.23. The van der Waals surface area contributed by atoms with Crippen LogP contribution in [0.4, 0.5) is 5.69 Å². The molecule has 0 heterocycles. The third-order valence-corrected chi connectivity index (χ3v) is 3.20. The van der Waals surface area contributed by atoms with Crippen molar-refractivity contribution in [2.24, 2.45) is 5.73 Å². The minimum Gasteiger partial charge on any atom is -0.482 e. The van der Waals surface area contributed by atoms with E-state index in [4.69, 9.17) is 15.6 Å². The predicted octanol–water partition coefficient (Wildman–Crippen LogP) is 0.697. The molecule has 21 heavy (non-hydrogen) atoms. The summed E-state index contributed by atoms with van der Waals surface area (Å²) in [6.07, 6.45) is 0.273. The van der Waals surface area contributed by atoms with Crippen LogP contribution in [0.5, 0.6) is 5.75 Å². The number of ether oxygens (including phenoxy) is 1. The number of thioether (sulfide) groups is 1. The molecule has 0 aliphatic rings. The second-order valence-corrected chi connectivity index (χ2v) is 5.13. The van der Waals surface area contributed by atoms with Crippen LogP contribution >= 0.6 is 11.8 Å². The SMILES string of the molecule is NC(=O)CSCCC(=O)Nc1ccc(OCC(=O)O)cc1. The van der Waals surface area contributed by atoms with E-state index in [1.165, 1.54) is 11.8 Å². The smallest absolute Gasteiger partial charge is 0.341 e. The lowest BCUT2D eigenvalue weighted by Crippen LogP contribution is -2.15. The van der Waals surface area contributed by atoms with Gasteiger partial charge in [-0.1, -0.05) is 0 Å². The first kappa shape index (κ1) is 16.8. The van der Waals surface area contributed by atoms with Crippen molar-refractivity contribution in [3.8, 4) is 5.75 Å². The van der Waals surface area contributed by atoms with E-state index in [-0.39, 0.29) is 18.1 Å². The van der Waals surface area contributed by atoms with E-state index in [1.807, 2.05) is 0 Å². The van der Waals surface area contributed by atoms with E-state index in [1.54, 1.807) is 24.3 Å². The molecule has 7 nitrogen and oxygen atoms in total. The summed E-state index contributed by atoms with van der Waals surface area (Å²) in [5.41, 5.74) is 5.57. The Balaban J connectivity index is 2.32. The standard InChI is InChI=1S/C13H16N2O5S/c14-11(16)8-21-6-5-12(17)15-9-1-3-10(4-2-9)20-7-13(18)19/h1-4H,5-8H2,(H2,14,16)(H,15,17)(H,18,19). The number of aliphatic carboxylic acids is 1. The van der Waals surface area contributed by atoms with Gasteiger partial charge in [0.15, 0.2) is 6.61 Å². The van der Waals surface area contributed by atoms with E-state index in [0.717, 1.165) is 0 Å². The molecule has 8 heteroatoms. The molecule has 0 saturated carbocycles. The molecule has 114 valence electrons. The summed E-state index contributed by atoms with van der Waals surface area (Å²) in [4.78, 5) is 32.5. The zero-order chi connectivity index (χ0) is 15.7. The molecule has 1 aromatic carbocycles. The van der Waals surface area contributed by atoms with Crippen LogP contribution in [0.2, 0.25) is 0 Å². The highest BCUT2D eigenvalue weighted by Crippen LogP contribution is 2.16. The molecule has 0 aliphatic carbocycles. The Morgan fingerprint density at radius 3 is 2.48 bits per heavy atom. The second-order valence-electron chi connectivity index (χ2n) is 4.02. The van der Waals surface area contributed by atoms with Crippen molar-refractivity contribution in [3.05, 3.63) is 24.3 Å². The van der Waals surface area contributed by atoms with Crippen LogP contribution in [0.1, 0.15) is 6.42 Å². The summed E-state index contributed by atoms with van der Waals surface area (Å²) < 4.78 is 4.97. The Morgan fingerprint density at radius 2 is 1.90 bits per heavy atom. The third kappa shape index (κ3) is 7.83. The van der Waals surface area contributed by atoms with Crippen LogP contribution < -0.4 is 15.8 Å². The first-order valence-electron chi connectivity index (χ1n) is 6.08. The van der Waals surface area contributed by atoms with Gasteiger partial charge >= 0.3 is 5.97 Å². The zero-order valence-corrected chi connectivity index (χ0v) is 12.0. The Labute approximate surface area is 125 Å². The molecule has 0 fully saturated rings. The summed E-state index contributed by atoms with van der Waals surface area (Å²) in [5.74, 6) is -0.519. The molecule has 1 aromatic rings. The summed E-state index contributed by atoms with van der Waals surface area (Å²) in [5, 5.41) is 11.2. The van der Waals surface area contributed by atoms with Crippen molar-refractivity contribution >= 4 is 35.2 Å². The lowest BCUT2D eigenvalue weighted by molar-refractivity contribution is -0.139. The predicted molar refractivity (Wildman–Crippen MR) is 79.3 cm³/mol. The monoisotopic (exact) mass is 312 g/mol. The summed E-state index contributed by atoms with van der Waals surface area (Å²) in [6, 6.07) is 6.37. The van der Waals surface area contributed by atoms with Gasteiger partial charge in [0.25, 0.3) is 0 Å². The van der Waals surface area contributed by atoms with Gasteiger partial charge in [0, 0.05) is 17.9 Å². The molecule has 0 radical (unpaired) electrons. The fraction of sp³-hybridized carbons (Fsp3) is 0.308. The molecular weight excluding hydrogens is 296 g/mol. The number of nitrogens with two attached hydrogens (primary N) is 1. The number of hydrogen-bond acceptors (Lipinski definition) is 5. The minimum absolute atomic E-state index is 0.175. The number of benzene rings is 1.